The minimum Gasteiger partial charge on any atom is -0.333 e. The minimum absolute atomic E-state index is 0.0431. The summed E-state index contributed by atoms with van der Waals surface area (Å²) in [5.74, 6) is 0.566. The Morgan fingerprint density at radius 3 is 2.88 bits per heavy atom. The van der Waals surface area contributed by atoms with E-state index in [9.17, 15) is 9.59 Å². The second-order valence-corrected chi connectivity index (χ2v) is 5.30. The lowest BCUT2D eigenvalue weighted by Gasteiger charge is -2.32. The van der Waals surface area contributed by atoms with Gasteiger partial charge in [-0.3, -0.25) is 4.79 Å². The van der Waals surface area contributed by atoms with E-state index < -0.39 is 0 Å². The lowest BCUT2D eigenvalue weighted by Crippen LogP contribution is -2.43. The first-order valence-corrected chi connectivity index (χ1v) is 6.29. The SMILES string of the molecule is CC(=O)CN1CC(C2CCCN(C)C2)NC1=O. The fourth-order valence-corrected chi connectivity index (χ4v) is 2.82. The van der Waals surface area contributed by atoms with E-state index in [1.165, 1.54) is 19.8 Å². The highest BCUT2D eigenvalue weighted by atomic mass is 16.2. The third kappa shape index (κ3) is 2.97. The Labute approximate surface area is 102 Å². The summed E-state index contributed by atoms with van der Waals surface area (Å²) in [6, 6.07) is 0.128. The molecule has 0 aromatic rings. The molecule has 0 radical (unpaired) electrons. The van der Waals surface area contributed by atoms with E-state index in [-0.39, 0.29) is 24.4 Å². The average Bonchev–Trinajstić information content (AvgIpc) is 2.59. The van der Waals surface area contributed by atoms with Gasteiger partial charge in [0.05, 0.1) is 12.6 Å². The number of amides is 2. The molecule has 2 heterocycles. The summed E-state index contributed by atoms with van der Waals surface area (Å²) >= 11 is 0. The van der Waals surface area contributed by atoms with Crippen molar-refractivity contribution in [3.05, 3.63) is 0 Å². The van der Waals surface area contributed by atoms with E-state index in [4.69, 9.17) is 0 Å². The maximum absolute atomic E-state index is 11.7. The number of nitrogens with zero attached hydrogens (tertiary/aromatic N) is 2. The standard InChI is InChI=1S/C12H21N3O2/c1-9(16)6-15-8-11(13-12(15)17)10-4-3-5-14(2)7-10/h10-11H,3-8H2,1-2H3,(H,13,17). The highest BCUT2D eigenvalue weighted by Crippen LogP contribution is 2.22. The smallest absolute Gasteiger partial charge is 0.318 e. The van der Waals surface area contributed by atoms with Crippen LogP contribution >= 0.6 is 0 Å². The number of nitrogens with one attached hydrogen (secondary N) is 1. The summed E-state index contributed by atoms with van der Waals surface area (Å²) < 4.78 is 0. The molecule has 0 aromatic heterocycles. The minimum atomic E-state index is -0.0848. The van der Waals surface area contributed by atoms with E-state index in [0.29, 0.717) is 12.5 Å². The van der Waals surface area contributed by atoms with Crippen molar-refractivity contribution < 1.29 is 9.59 Å². The fraction of sp³-hybridized carbons (Fsp3) is 0.833. The van der Waals surface area contributed by atoms with Gasteiger partial charge in [-0.25, -0.2) is 4.79 Å². The Kier molecular flexibility index (Phi) is 3.66. The lowest BCUT2D eigenvalue weighted by molar-refractivity contribution is -0.117. The van der Waals surface area contributed by atoms with Gasteiger partial charge in [0.15, 0.2) is 0 Å². The molecule has 2 atom stereocenters. The fourth-order valence-electron chi connectivity index (χ4n) is 2.82. The first kappa shape index (κ1) is 12.4. The van der Waals surface area contributed by atoms with Gasteiger partial charge in [-0.05, 0) is 39.3 Å². The molecule has 0 saturated carbocycles. The van der Waals surface area contributed by atoms with Crippen molar-refractivity contribution in [2.75, 3.05) is 33.2 Å². The molecule has 5 nitrogen and oxygen atoms in total. The van der Waals surface area contributed by atoms with Crippen molar-refractivity contribution >= 4 is 11.8 Å². The van der Waals surface area contributed by atoms with Gasteiger partial charge in [0, 0.05) is 13.1 Å². The normalized spacial score (nSPS) is 30.5. The van der Waals surface area contributed by atoms with Gasteiger partial charge >= 0.3 is 6.03 Å². The maximum atomic E-state index is 11.7. The molecule has 2 fully saturated rings. The van der Waals surface area contributed by atoms with E-state index in [1.54, 1.807) is 4.90 Å². The third-order valence-electron chi connectivity index (χ3n) is 3.66. The monoisotopic (exact) mass is 239 g/mol. The number of carbonyl (C=O) groups excluding carboxylic acids is 2. The van der Waals surface area contributed by atoms with Crippen molar-refractivity contribution in [2.45, 2.75) is 25.8 Å². The van der Waals surface area contributed by atoms with Crippen LogP contribution in [0, 0.1) is 5.92 Å². The zero-order valence-electron chi connectivity index (χ0n) is 10.6. The summed E-state index contributed by atoms with van der Waals surface area (Å²) in [4.78, 5) is 26.7. The van der Waals surface area contributed by atoms with Crippen LogP contribution < -0.4 is 5.32 Å². The molecule has 0 aromatic carbocycles. The van der Waals surface area contributed by atoms with Gasteiger partial charge < -0.3 is 15.1 Å². The highest BCUT2D eigenvalue weighted by Gasteiger charge is 2.35. The van der Waals surface area contributed by atoms with Gasteiger partial charge in [-0.15, -0.1) is 0 Å². The molecule has 2 saturated heterocycles. The second-order valence-electron chi connectivity index (χ2n) is 5.30. The van der Waals surface area contributed by atoms with Crippen LogP contribution in [-0.4, -0.2) is 60.9 Å². The van der Waals surface area contributed by atoms with Crippen molar-refractivity contribution in [1.82, 2.24) is 15.1 Å². The van der Waals surface area contributed by atoms with E-state index in [0.717, 1.165) is 13.1 Å². The molecular weight excluding hydrogens is 218 g/mol. The van der Waals surface area contributed by atoms with Gasteiger partial charge in [0.2, 0.25) is 0 Å². The Morgan fingerprint density at radius 1 is 1.47 bits per heavy atom. The molecule has 1 N–H and O–H groups in total. The zero-order valence-corrected chi connectivity index (χ0v) is 10.6. The topological polar surface area (TPSA) is 52.7 Å². The molecule has 0 aliphatic carbocycles. The van der Waals surface area contributed by atoms with E-state index >= 15 is 0 Å². The van der Waals surface area contributed by atoms with Crippen LogP contribution in [0.5, 0.6) is 0 Å². The van der Waals surface area contributed by atoms with E-state index in [1.807, 2.05) is 0 Å². The highest BCUT2D eigenvalue weighted by molar-refractivity contribution is 5.85. The molecule has 0 spiro atoms. The number of likely N-dealkylation sites (tertiary alicyclic amines) is 1. The second kappa shape index (κ2) is 5.04. The number of ketones is 1. The van der Waals surface area contributed by atoms with Crippen molar-refractivity contribution in [3.63, 3.8) is 0 Å². The van der Waals surface area contributed by atoms with Crippen LogP contribution in [0.4, 0.5) is 4.79 Å². The summed E-state index contributed by atoms with van der Waals surface area (Å²) in [5, 5.41) is 3.01. The molecule has 2 aliphatic heterocycles. The number of Topliss-reactive ketones (excluding diaryl/α,β-unsaturated/α-hetero) is 1. The first-order valence-electron chi connectivity index (χ1n) is 6.29. The molecular formula is C12H21N3O2. The summed E-state index contributed by atoms with van der Waals surface area (Å²) in [6.07, 6.45) is 2.36. The van der Waals surface area contributed by atoms with Crippen molar-refractivity contribution in [1.29, 1.82) is 0 Å². The lowest BCUT2D eigenvalue weighted by atomic mass is 9.91. The van der Waals surface area contributed by atoms with Gasteiger partial charge in [-0.2, -0.15) is 0 Å². The number of hydrogen-bond donors (Lipinski definition) is 1. The molecule has 96 valence electrons. The molecule has 2 aliphatic rings. The van der Waals surface area contributed by atoms with Crippen molar-refractivity contribution in [2.24, 2.45) is 5.92 Å². The van der Waals surface area contributed by atoms with Gasteiger partial charge in [-0.1, -0.05) is 0 Å². The average molecular weight is 239 g/mol. The number of piperidine rings is 1. The zero-order chi connectivity index (χ0) is 12.4. The van der Waals surface area contributed by atoms with Crippen LogP contribution in [-0.2, 0) is 4.79 Å². The third-order valence-corrected chi connectivity index (χ3v) is 3.66. The van der Waals surface area contributed by atoms with Crippen LogP contribution in [0.15, 0.2) is 0 Å². The molecule has 2 unspecified atom stereocenters. The van der Waals surface area contributed by atoms with Crippen LogP contribution in [0.2, 0.25) is 0 Å². The Bertz CT molecular complexity index is 319. The maximum Gasteiger partial charge on any atom is 0.318 e. The molecule has 0 bridgehead atoms. The summed E-state index contributed by atoms with van der Waals surface area (Å²) in [7, 11) is 2.12. The molecule has 5 heteroatoms. The predicted octanol–water partition coefficient (Wildman–Crippen LogP) is 0.311. The quantitative estimate of drug-likeness (QED) is 0.771. The Balaban J connectivity index is 1.91. The number of rotatable bonds is 3. The molecule has 2 amide bonds. The van der Waals surface area contributed by atoms with Gasteiger partial charge in [0.25, 0.3) is 0 Å². The Morgan fingerprint density at radius 2 is 2.24 bits per heavy atom. The molecule has 17 heavy (non-hydrogen) atoms. The predicted molar refractivity (Wildman–Crippen MR) is 64.8 cm³/mol. The van der Waals surface area contributed by atoms with E-state index in [2.05, 4.69) is 17.3 Å². The van der Waals surface area contributed by atoms with Crippen LogP contribution in [0.3, 0.4) is 0 Å². The summed E-state index contributed by atoms with van der Waals surface area (Å²) in [6.45, 7) is 4.63. The largest absolute Gasteiger partial charge is 0.333 e. The number of urea groups is 1. The van der Waals surface area contributed by atoms with Gasteiger partial charge in [0.1, 0.15) is 5.78 Å². The Hall–Kier alpha value is -1.10. The van der Waals surface area contributed by atoms with Crippen LogP contribution in [0.25, 0.3) is 0 Å². The number of hydrogen-bond acceptors (Lipinski definition) is 3. The number of carbonyl (C=O) groups is 2. The van der Waals surface area contributed by atoms with Crippen molar-refractivity contribution in [3.8, 4) is 0 Å². The first-order chi connectivity index (χ1) is 8.06. The van der Waals surface area contributed by atoms with Crippen LogP contribution in [0.1, 0.15) is 19.8 Å². The molecule has 2 rings (SSSR count). The summed E-state index contributed by atoms with van der Waals surface area (Å²) in [5.41, 5.74) is 0.